The predicted octanol–water partition coefficient (Wildman–Crippen LogP) is 5.18. The van der Waals surface area contributed by atoms with Gasteiger partial charge in [-0.15, -0.1) is 0 Å². The lowest BCUT2D eigenvalue weighted by Gasteiger charge is -2.24. The first kappa shape index (κ1) is 25.2. The molecule has 0 fully saturated rings. The summed E-state index contributed by atoms with van der Waals surface area (Å²) < 4.78 is 48.6. The Kier molecular flexibility index (Phi) is 8.28. The molecule has 0 spiro atoms. The third-order valence-corrected chi connectivity index (χ3v) is 6.33. The number of halogens is 1. The molecule has 34 heavy (non-hydrogen) atoms. The first-order chi connectivity index (χ1) is 16.2. The van der Waals surface area contributed by atoms with Crippen molar-refractivity contribution in [2.24, 2.45) is 5.92 Å². The summed E-state index contributed by atoms with van der Waals surface area (Å²) >= 11 is 0. The van der Waals surface area contributed by atoms with Crippen molar-refractivity contribution in [2.75, 3.05) is 7.11 Å². The molecule has 0 atom stereocenters. The second kappa shape index (κ2) is 11.2. The number of benzene rings is 3. The summed E-state index contributed by atoms with van der Waals surface area (Å²) in [6, 6.07) is 18.5. The third kappa shape index (κ3) is 7.05. The highest BCUT2D eigenvalue weighted by atomic mass is 32.2. The zero-order valence-corrected chi connectivity index (χ0v) is 20.2. The van der Waals surface area contributed by atoms with Crippen LogP contribution in [0.3, 0.4) is 0 Å². The van der Waals surface area contributed by atoms with Gasteiger partial charge in [-0.2, -0.15) is 8.42 Å². The van der Waals surface area contributed by atoms with Crippen molar-refractivity contribution in [1.29, 1.82) is 0 Å². The molecule has 0 saturated carbocycles. The molecule has 3 aromatic rings. The number of hydrogen-bond donors (Lipinski definition) is 0. The number of rotatable bonds is 10. The highest BCUT2D eigenvalue weighted by molar-refractivity contribution is 7.87. The van der Waals surface area contributed by atoms with Crippen LogP contribution in [-0.4, -0.2) is 26.3 Å². The van der Waals surface area contributed by atoms with Gasteiger partial charge in [-0.05, 0) is 65.6 Å². The highest BCUT2D eigenvalue weighted by Gasteiger charge is 2.18. The quantitative estimate of drug-likeness (QED) is 0.370. The van der Waals surface area contributed by atoms with E-state index in [-0.39, 0.29) is 28.3 Å². The van der Waals surface area contributed by atoms with Crippen LogP contribution in [-0.2, 0) is 28.0 Å². The molecular formula is C26H28FNO5S. The maximum absolute atomic E-state index is 13.3. The molecule has 0 bridgehead atoms. The lowest BCUT2D eigenvalue weighted by Crippen LogP contribution is -2.30. The van der Waals surface area contributed by atoms with Gasteiger partial charge in [0.15, 0.2) is 0 Å². The van der Waals surface area contributed by atoms with Crippen LogP contribution in [0.5, 0.6) is 11.5 Å². The van der Waals surface area contributed by atoms with Gasteiger partial charge in [0.25, 0.3) is 0 Å². The number of carbonyl (C=O) groups is 1. The minimum absolute atomic E-state index is 0.0123. The largest absolute Gasteiger partial charge is 0.497 e. The molecule has 0 aromatic heterocycles. The van der Waals surface area contributed by atoms with Crippen LogP contribution in [0.1, 0.15) is 31.4 Å². The zero-order valence-electron chi connectivity index (χ0n) is 19.4. The fraction of sp³-hybridized carbons (Fsp3) is 0.269. The van der Waals surface area contributed by atoms with E-state index < -0.39 is 10.1 Å². The van der Waals surface area contributed by atoms with Crippen LogP contribution in [0.15, 0.2) is 77.7 Å². The number of carbonyl (C=O) groups excluding carboxylic acids is 1. The van der Waals surface area contributed by atoms with Gasteiger partial charge >= 0.3 is 10.1 Å². The maximum atomic E-state index is 13.3. The van der Waals surface area contributed by atoms with Crippen LogP contribution in [0.4, 0.5) is 4.39 Å². The Hall–Kier alpha value is -3.39. The van der Waals surface area contributed by atoms with E-state index in [1.807, 2.05) is 13.8 Å². The summed E-state index contributed by atoms with van der Waals surface area (Å²) in [7, 11) is -2.50. The van der Waals surface area contributed by atoms with Crippen molar-refractivity contribution in [2.45, 2.75) is 38.3 Å². The summed E-state index contributed by atoms with van der Waals surface area (Å²) in [5.41, 5.74) is 1.64. The third-order valence-electron chi connectivity index (χ3n) is 5.07. The van der Waals surface area contributed by atoms with Crippen LogP contribution in [0.25, 0.3) is 0 Å². The maximum Gasteiger partial charge on any atom is 0.339 e. The average molecular weight is 486 g/mol. The molecular weight excluding hydrogens is 457 g/mol. The number of ether oxygens (including phenoxy) is 1. The van der Waals surface area contributed by atoms with Crippen molar-refractivity contribution < 1.29 is 26.5 Å². The molecule has 0 aliphatic carbocycles. The lowest BCUT2D eigenvalue weighted by atomic mass is 10.1. The molecule has 0 aliphatic rings. The Bertz CT molecular complexity index is 1190. The van der Waals surface area contributed by atoms with Crippen molar-refractivity contribution in [3.05, 3.63) is 89.7 Å². The summed E-state index contributed by atoms with van der Waals surface area (Å²) in [5, 5.41) is 0. The fourth-order valence-corrected chi connectivity index (χ4v) is 4.24. The van der Waals surface area contributed by atoms with Crippen molar-refractivity contribution in [1.82, 2.24) is 4.90 Å². The predicted molar refractivity (Wildman–Crippen MR) is 127 cm³/mol. The fourth-order valence-electron chi connectivity index (χ4n) is 3.31. The Labute approximate surface area is 200 Å². The first-order valence-electron chi connectivity index (χ1n) is 10.9. The van der Waals surface area contributed by atoms with Gasteiger partial charge in [0, 0.05) is 19.5 Å². The van der Waals surface area contributed by atoms with E-state index in [9.17, 15) is 17.6 Å². The monoisotopic (exact) mass is 485 g/mol. The van der Waals surface area contributed by atoms with E-state index in [1.54, 1.807) is 53.4 Å². The Morgan fingerprint density at radius 2 is 1.35 bits per heavy atom. The van der Waals surface area contributed by atoms with Crippen molar-refractivity contribution in [3.63, 3.8) is 0 Å². The number of methoxy groups -OCH3 is 1. The van der Waals surface area contributed by atoms with Crippen LogP contribution in [0, 0.1) is 11.7 Å². The van der Waals surface area contributed by atoms with Crippen LogP contribution in [0.2, 0.25) is 0 Å². The molecule has 0 N–H and O–H groups in total. The number of hydrogen-bond acceptors (Lipinski definition) is 5. The van der Waals surface area contributed by atoms with Gasteiger partial charge in [-0.3, -0.25) is 4.79 Å². The van der Waals surface area contributed by atoms with Crippen molar-refractivity contribution in [3.8, 4) is 11.5 Å². The summed E-state index contributed by atoms with van der Waals surface area (Å²) in [5.74, 6) is 0.562. The summed E-state index contributed by atoms with van der Waals surface area (Å²) in [6.45, 7) is 4.62. The van der Waals surface area contributed by atoms with Gasteiger partial charge in [0.05, 0.1) is 7.11 Å². The Morgan fingerprint density at radius 1 is 0.853 bits per heavy atom. The smallest absolute Gasteiger partial charge is 0.339 e. The standard InChI is InChI=1S/C26H28FNO5S/c1-19(2)16-26(29)28(17-20-4-8-22(27)9-5-20)18-21-6-10-24(11-7-21)33-34(30,31)25-14-12-23(32-3)13-15-25/h4-15,19H,16-18H2,1-3H3. The van der Waals surface area contributed by atoms with Crippen molar-refractivity contribution >= 4 is 16.0 Å². The molecule has 0 radical (unpaired) electrons. The zero-order chi connectivity index (χ0) is 24.7. The molecule has 8 heteroatoms. The molecule has 180 valence electrons. The van der Waals surface area contributed by atoms with Crippen LogP contribution < -0.4 is 8.92 Å². The lowest BCUT2D eigenvalue weighted by molar-refractivity contribution is -0.133. The second-order valence-corrected chi connectivity index (χ2v) is 9.88. The van der Waals surface area contributed by atoms with E-state index in [0.717, 1.165) is 11.1 Å². The highest BCUT2D eigenvalue weighted by Crippen LogP contribution is 2.22. The van der Waals surface area contributed by atoms with Gasteiger partial charge in [0.2, 0.25) is 5.91 Å². The minimum atomic E-state index is -4.00. The Balaban J connectivity index is 1.72. The minimum Gasteiger partial charge on any atom is -0.497 e. The van der Waals surface area contributed by atoms with Gasteiger partial charge in [0.1, 0.15) is 22.2 Å². The summed E-state index contributed by atoms with van der Waals surface area (Å²) in [6.07, 6.45) is 0.391. The molecule has 0 aliphatic heterocycles. The van der Waals surface area contributed by atoms with E-state index in [0.29, 0.717) is 25.3 Å². The summed E-state index contributed by atoms with van der Waals surface area (Å²) in [4.78, 5) is 14.5. The van der Waals surface area contributed by atoms with E-state index in [4.69, 9.17) is 8.92 Å². The molecule has 3 rings (SSSR count). The SMILES string of the molecule is COc1ccc(S(=O)(=O)Oc2ccc(CN(Cc3ccc(F)cc3)C(=O)CC(C)C)cc2)cc1. The topological polar surface area (TPSA) is 72.9 Å². The Morgan fingerprint density at radius 3 is 1.85 bits per heavy atom. The van der Waals surface area contributed by atoms with E-state index >= 15 is 0 Å². The average Bonchev–Trinajstić information content (AvgIpc) is 2.80. The molecule has 1 amide bonds. The van der Waals surface area contributed by atoms with Gasteiger partial charge < -0.3 is 13.8 Å². The molecule has 0 heterocycles. The molecule has 0 saturated heterocycles. The van der Waals surface area contributed by atoms with Gasteiger partial charge in [-0.25, -0.2) is 4.39 Å². The van der Waals surface area contributed by atoms with Crippen LogP contribution >= 0.6 is 0 Å². The second-order valence-electron chi connectivity index (χ2n) is 8.33. The molecule has 0 unspecified atom stereocenters. The number of amides is 1. The van der Waals surface area contributed by atoms with Gasteiger partial charge in [-0.1, -0.05) is 38.1 Å². The first-order valence-corrected chi connectivity index (χ1v) is 12.3. The van der Waals surface area contributed by atoms with E-state index in [1.165, 1.54) is 31.4 Å². The normalized spacial score (nSPS) is 11.3. The van der Waals surface area contributed by atoms with E-state index in [2.05, 4.69) is 0 Å². The number of nitrogens with zero attached hydrogens (tertiary/aromatic N) is 1. The molecule has 6 nitrogen and oxygen atoms in total. The molecule has 3 aromatic carbocycles.